The molecule has 5 atom stereocenters. The number of nitrogens with zero attached hydrogens (tertiary/aromatic N) is 1. The Balaban J connectivity index is 1.39. The second kappa shape index (κ2) is 6.35. The van der Waals surface area contributed by atoms with Crippen molar-refractivity contribution in [3.8, 4) is 11.5 Å². The van der Waals surface area contributed by atoms with Crippen molar-refractivity contribution in [1.29, 1.82) is 0 Å². The molecule has 1 N–H and O–H groups in total. The van der Waals surface area contributed by atoms with Gasteiger partial charge in [0, 0.05) is 23.4 Å². The first kappa shape index (κ1) is 18.9. The average Bonchev–Trinajstić information content (AvgIpc) is 2.90. The predicted octanol–water partition coefficient (Wildman–Crippen LogP) is 4.93. The summed E-state index contributed by atoms with van der Waals surface area (Å²) in [5.74, 6) is 1.77. The molecule has 0 radical (unpaired) electrons. The lowest BCUT2D eigenvalue weighted by Gasteiger charge is -2.56. The first-order valence-electron chi connectivity index (χ1n) is 11.0. The molecule has 2 bridgehead atoms. The van der Waals surface area contributed by atoms with Gasteiger partial charge >= 0.3 is 7.75 Å². The Morgan fingerprint density at radius 2 is 1.97 bits per heavy atom. The quantitative estimate of drug-likeness (QED) is 0.704. The lowest BCUT2D eigenvalue weighted by Crippen LogP contribution is -2.63. The van der Waals surface area contributed by atoms with Crippen LogP contribution in [-0.4, -0.2) is 29.3 Å². The highest BCUT2D eigenvalue weighted by Crippen LogP contribution is 2.74. The zero-order chi connectivity index (χ0) is 20.6. The van der Waals surface area contributed by atoms with Gasteiger partial charge in [-0.1, -0.05) is 37.1 Å². The molecular formula is C24H28NO4P. The van der Waals surface area contributed by atoms with Gasteiger partial charge in [0.25, 0.3) is 0 Å². The van der Waals surface area contributed by atoms with Gasteiger partial charge in [0.05, 0.1) is 7.11 Å². The Kier molecular flexibility index (Phi) is 4.01. The molecule has 5 nitrogen and oxygen atoms in total. The minimum Gasteiger partial charge on any atom is -0.497 e. The third-order valence-electron chi connectivity index (χ3n) is 8.26. The summed E-state index contributed by atoms with van der Waals surface area (Å²) in [6, 6.07) is 15.7. The second-order valence-electron chi connectivity index (χ2n) is 9.68. The van der Waals surface area contributed by atoms with Crippen LogP contribution < -0.4 is 9.26 Å². The fourth-order valence-electron chi connectivity index (χ4n) is 7.34. The maximum atomic E-state index is 13.4. The van der Waals surface area contributed by atoms with Crippen molar-refractivity contribution in [2.75, 3.05) is 13.7 Å². The molecular weight excluding hydrogens is 397 g/mol. The average molecular weight is 425 g/mol. The maximum absolute atomic E-state index is 13.4. The number of fused-ring (bicyclic) bond motifs is 2. The molecule has 158 valence electrons. The molecule has 6 heteroatoms. The zero-order valence-corrected chi connectivity index (χ0v) is 18.2. The van der Waals surface area contributed by atoms with Crippen LogP contribution in [-0.2, 0) is 16.4 Å². The molecule has 2 spiro atoms. The van der Waals surface area contributed by atoms with E-state index in [2.05, 4.69) is 18.2 Å². The molecule has 0 amide bonds. The number of hydrogen-bond donors (Lipinski definition) is 1. The fourth-order valence-corrected chi connectivity index (χ4v) is 9.02. The number of benzene rings is 2. The summed E-state index contributed by atoms with van der Waals surface area (Å²) in [5.41, 5.74) is 3.04. The number of hydrogen-bond acceptors (Lipinski definition) is 3. The normalized spacial score (nSPS) is 35.9. The van der Waals surface area contributed by atoms with Crippen molar-refractivity contribution in [1.82, 2.24) is 4.67 Å². The van der Waals surface area contributed by atoms with Crippen LogP contribution in [0.5, 0.6) is 11.5 Å². The van der Waals surface area contributed by atoms with Gasteiger partial charge in [0.2, 0.25) is 0 Å². The highest BCUT2D eigenvalue weighted by atomic mass is 31.2. The van der Waals surface area contributed by atoms with E-state index in [0.717, 1.165) is 25.0 Å². The topological polar surface area (TPSA) is 59.0 Å². The largest absolute Gasteiger partial charge is 0.497 e. The lowest BCUT2D eigenvalue weighted by atomic mass is 9.60. The van der Waals surface area contributed by atoms with E-state index in [0.29, 0.717) is 18.2 Å². The molecule has 1 heterocycles. The van der Waals surface area contributed by atoms with Crippen molar-refractivity contribution in [2.24, 2.45) is 11.3 Å². The smallest absolute Gasteiger partial charge is 0.459 e. The first-order chi connectivity index (χ1) is 14.5. The zero-order valence-electron chi connectivity index (χ0n) is 17.3. The molecule has 3 aliphatic carbocycles. The third-order valence-corrected chi connectivity index (χ3v) is 9.75. The van der Waals surface area contributed by atoms with E-state index < -0.39 is 7.75 Å². The Morgan fingerprint density at radius 3 is 2.77 bits per heavy atom. The van der Waals surface area contributed by atoms with Crippen LogP contribution in [0.3, 0.4) is 0 Å². The van der Waals surface area contributed by atoms with Crippen molar-refractivity contribution in [3.63, 3.8) is 0 Å². The van der Waals surface area contributed by atoms with E-state index >= 15 is 0 Å². The molecule has 30 heavy (non-hydrogen) atoms. The minimum atomic E-state index is -3.91. The van der Waals surface area contributed by atoms with Crippen LogP contribution in [0.25, 0.3) is 0 Å². The summed E-state index contributed by atoms with van der Waals surface area (Å²) in [5, 5.41) is 0. The van der Waals surface area contributed by atoms with Gasteiger partial charge in [-0.15, -0.1) is 0 Å². The van der Waals surface area contributed by atoms with Gasteiger partial charge in [-0.05, 0) is 67.0 Å². The van der Waals surface area contributed by atoms with E-state index in [1.807, 2.05) is 18.2 Å². The Hall–Kier alpha value is -1.81. The molecule has 1 aliphatic heterocycles. The lowest BCUT2D eigenvalue weighted by molar-refractivity contribution is -0.0242. The first-order valence-corrected chi connectivity index (χ1v) is 12.5. The van der Waals surface area contributed by atoms with Crippen LogP contribution >= 0.6 is 7.75 Å². The van der Waals surface area contributed by atoms with E-state index in [4.69, 9.17) is 9.26 Å². The summed E-state index contributed by atoms with van der Waals surface area (Å²) >= 11 is 0. The van der Waals surface area contributed by atoms with Crippen LogP contribution in [0, 0.1) is 11.3 Å². The molecule has 2 aromatic rings. The van der Waals surface area contributed by atoms with E-state index in [9.17, 15) is 9.46 Å². The van der Waals surface area contributed by atoms with Gasteiger partial charge in [-0.2, -0.15) is 4.67 Å². The summed E-state index contributed by atoms with van der Waals surface area (Å²) in [6.45, 7) is 0.641. The Labute approximate surface area is 177 Å². The van der Waals surface area contributed by atoms with Gasteiger partial charge in [-0.3, -0.25) is 0 Å². The number of para-hydroxylation sites is 1. The summed E-state index contributed by atoms with van der Waals surface area (Å²) in [6.07, 6.45) is 6.81. The van der Waals surface area contributed by atoms with E-state index in [1.54, 1.807) is 23.9 Å². The van der Waals surface area contributed by atoms with E-state index in [1.165, 1.54) is 30.4 Å². The van der Waals surface area contributed by atoms with Crippen molar-refractivity contribution >= 4 is 7.75 Å². The van der Waals surface area contributed by atoms with Gasteiger partial charge in [0.15, 0.2) is 0 Å². The fraction of sp³-hybridized carbons (Fsp3) is 0.500. The van der Waals surface area contributed by atoms with Gasteiger partial charge < -0.3 is 14.2 Å². The summed E-state index contributed by atoms with van der Waals surface area (Å²) in [7, 11) is -2.18. The summed E-state index contributed by atoms with van der Waals surface area (Å²) < 4.78 is 26.4. The maximum Gasteiger partial charge on any atom is 0.459 e. The number of rotatable bonds is 4. The van der Waals surface area contributed by atoms with Gasteiger partial charge in [0.1, 0.15) is 11.5 Å². The SMILES string of the molecule is COc1ccc2c(c1)C13CCCCC1C1N(P(=O)(O)Oc4ccccc4)CC1(C2)C3. The molecule has 0 aromatic heterocycles. The minimum absolute atomic E-state index is 0.0923. The number of methoxy groups -OCH3 is 1. The van der Waals surface area contributed by atoms with Crippen LogP contribution in [0.4, 0.5) is 0 Å². The molecule has 3 fully saturated rings. The van der Waals surface area contributed by atoms with Crippen molar-refractivity contribution in [2.45, 2.75) is 50.0 Å². The highest BCUT2D eigenvalue weighted by Gasteiger charge is 2.73. The van der Waals surface area contributed by atoms with Crippen molar-refractivity contribution in [3.05, 3.63) is 59.7 Å². The van der Waals surface area contributed by atoms with Crippen molar-refractivity contribution < 1.29 is 18.7 Å². The summed E-state index contributed by atoms with van der Waals surface area (Å²) in [4.78, 5) is 11.0. The monoisotopic (exact) mass is 425 g/mol. The molecule has 2 aromatic carbocycles. The standard InChI is InChI=1S/C24H28NO4P/c1-28-19-11-10-17-14-23-15-24(21(17)13-19)12-6-5-9-20(24)22(23)25(16-23)30(26,27)29-18-7-3-2-4-8-18/h2-4,7-8,10-11,13,20,22H,5-6,9,12,14-16H2,1H3,(H,26,27). The predicted molar refractivity (Wildman–Crippen MR) is 115 cm³/mol. The third kappa shape index (κ3) is 2.46. The van der Waals surface area contributed by atoms with Crippen LogP contribution in [0.1, 0.15) is 43.2 Å². The van der Waals surface area contributed by atoms with Gasteiger partial charge in [-0.25, -0.2) is 4.57 Å². The van der Waals surface area contributed by atoms with Crippen LogP contribution in [0.15, 0.2) is 48.5 Å². The molecule has 1 saturated heterocycles. The Morgan fingerprint density at radius 1 is 1.13 bits per heavy atom. The molecule has 5 unspecified atom stereocenters. The highest BCUT2D eigenvalue weighted by molar-refractivity contribution is 7.50. The Bertz CT molecular complexity index is 1040. The number of ether oxygens (including phenoxy) is 1. The second-order valence-corrected chi connectivity index (χ2v) is 11.4. The molecule has 6 rings (SSSR count). The molecule has 2 saturated carbocycles. The van der Waals surface area contributed by atoms with E-state index in [-0.39, 0.29) is 16.9 Å². The molecule has 4 aliphatic rings. The van der Waals surface area contributed by atoms with Crippen LogP contribution in [0.2, 0.25) is 0 Å².